The standard InChI is InChI=1S/C24H36N2O3.C2H2O4/c1-27-21-14-23(29-3)22(28-2)13-20(21)15-25-4-6-26(7-5-25)24-18-9-16-8-17(11-18)12-19(24)10-16;3-1(4)2(5)6/h13-14,16-19,24H,4-12,15H2,1-3H3;(H,3,4)(H,5,6). The molecule has 2 N–H and O–H groups in total. The fraction of sp³-hybridized carbons (Fsp3) is 0.692. The summed E-state index contributed by atoms with van der Waals surface area (Å²) in [4.78, 5) is 23.6. The van der Waals surface area contributed by atoms with E-state index in [0.29, 0.717) is 0 Å². The number of piperazine rings is 1. The summed E-state index contributed by atoms with van der Waals surface area (Å²) < 4.78 is 16.6. The molecule has 4 saturated carbocycles. The molecule has 4 aliphatic carbocycles. The first-order chi connectivity index (χ1) is 16.8. The third-order valence-corrected chi connectivity index (χ3v) is 8.37. The molecule has 1 aromatic carbocycles. The highest BCUT2D eigenvalue weighted by Crippen LogP contribution is 2.55. The highest BCUT2D eigenvalue weighted by atomic mass is 16.5. The monoisotopic (exact) mass is 490 g/mol. The molecule has 5 fully saturated rings. The fourth-order valence-electron chi connectivity index (χ4n) is 7.17. The number of carboxylic acid groups (broad SMARTS) is 2. The lowest BCUT2D eigenvalue weighted by Gasteiger charge is -2.58. The van der Waals surface area contributed by atoms with Gasteiger partial charge in [0.05, 0.1) is 21.3 Å². The van der Waals surface area contributed by atoms with Crippen molar-refractivity contribution in [2.75, 3.05) is 47.5 Å². The second-order valence-corrected chi connectivity index (χ2v) is 10.4. The average Bonchev–Trinajstić information content (AvgIpc) is 2.84. The Kier molecular flexibility index (Phi) is 8.06. The Morgan fingerprint density at radius 3 is 1.71 bits per heavy atom. The molecule has 6 rings (SSSR count). The van der Waals surface area contributed by atoms with E-state index in [1.807, 2.05) is 6.07 Å². The van der Waals surface area contributed by atoms with Gasteiger partial charge in [0, 0.05) is 50.4 Å². The minimum absolute atomic E-state index is 0.722. The van der Waals surface area contributed by atoms with Crippen molar-refractivity contribution >= 4 is 11.9 Å². The Morgan fingerprint density at radius 2 is 1.26 bits per heavy atom. The molecule has 1 saturated heterocycles. The van der Waals surface area contributed by atoms with Gasteiger partial charge in [-0.05, 0) is 61.8 Å². The maximum absolute atomic E-state index is 9.10. The molecule has 5 aliphatic rings. The molecule has 194 valence electrons. The first-order valence-corrected chi connectivity index (χ1v) is 12.5. The summed E-state index contributed by atoms with van der Waals surface area (Å²) in [5.41, 5.74) is 1.17. The Bertz CT molecular complexity index is 873. The highest BCUT2D eigenvalue weighted by molar-refractivity contribution is 6.27. The van der Waals surface area contributed by atoms with Gasteiger partial charge in [-0.15, -0.1) is 0 Å². The molecule has 0 aromatic heterocycles. The van der Waals surface area contributed by atoms with E-state index in [1.165, 1.54) is 44.3 Å². The van der Waals surface area contributed by atoms with Gasteiger partial charge >= 0.3 is 11.9 Å². The molecule has 9 heteroatoms. The van der Waals surface area contributed by atoms with E-state index in [9.17, 15) is 0 Å². The molecule has 0 spiro atoms. The van der Waals surface area contributed by atoms with Gasteiger partial charge in [0.15, 0.2) is 11.5 Å². The van der Waals surface area contributed by atoms with Gasteiger partial charge in [0.25, 0.3) is 0 Å². The van der Waals surface area contributed by atoms with Gasteiger partial charge < -0.3 is 24.4 Å². The minimum Gasteiger partial charge on any atom is -0.496 e. The number of rotatable bonds is 6. The zero-order chi connectivity index (χ0) is 25.1. The van der Waals surface area contributed by atoms with Crippen molar-refractivity contribution in [3.05, 3.63) is 17.7 Å². The second kappa shape index (κ2) is 11.0. The van der Waals surface area contributed by atoms with Crippen LogP contribution in [0.25, 0.3) is 0 Å². The normalized spacial score (nSPS) is 29.7. The molecule has 0 amide bonds. The van der Waals surface area contributed by atoms with E-state index in [-0.39, 0.29) is 0 Å². The third kappa shape index (κ3) is 5.67. The Hall–Kier alpha value is -2.52. The number of carbonyl (C=O) groups is 2. The summed E-state index contributed by atoms with van der Waals surface area (Å²) >= 11 is 0. The van der Waals surface area contributed by atoms with Crippen LogP contribution in [0.1, 0.15) is 37.7 Å². The molecule has 0 atom stereocenters. The molecular weight excluding hydrogens is 452 g/mol. The SMILES string of the molecule is COc1cc(OC)c(OC)cc1CN1CCN(C2C3CC4CC(C3)CC2C4)CC1.O=C(O)C(=O)O. The van der Waals surface area contributed by atoms with E-state index < -0.39 is 11.9 Å². The lowest BCUT2D eigenvalue weighted by molar-refractivity contribution is -0.159. The smallest absolute Gasteiger partial charge is 0.414 e. The number of ether oxygens (including phenoxy) is 3. The Labute approximate surface area is 206 Å². The molecule has 0 unspecified atom stereocenters. The lowest BCUT2D eigenvalue weighted by Crippen LogP contribution is -2.60. The highest BCUT2D eigenvalue weighted by Gasteiger charge is 2.50. The number of aliphatic carboxylic acids is 2. The van der Waals surface area contributed by atoms with Crippen LogP contribution in [0, 0.1) is 23.7 Å². The first-order valence-electron chi connectivity index (χ1n) is 12.5. The van der Waals surface area contributed by atoms with Crippen LogP contribution >= 0.6 is 0 Å². The number of nitrogens with zero attached hydrogens (tertiary/aromatic N) is 2. The zero-order valence-corrected chi connectivity index (χ0v) is 20.9. The van der Waals surface area contributed by atoms with Crippen LogP contribution in [0.2, 0.25) is 0 Å². The van der Waals surface area contributed by atoms with E-state index in [0.717, 1.165) is 66.6 Å². The van der Waals surface area contributed by atoms with E-state index in [1.54, 1.807) is 27.8 Å². The third-order valence-electron chi connectivity index (χ3n) is 8.37. The number of benzene rings is 1. The Morgan fingerprint density at radius 1 is 0.771 bits per heavy atom. The van der Waals surface area contributed by atoms with Gasteiger partial charge in [-0.1, -0.05) is 0 Å². The molecule has 0 radical (unpaired) electrons. The topological polar surface area (TPSA) is 109 Å². The van der Waals surface area contributed by atoms with Crippen molar-refractivity contribution in [1.82, 2.24) is 9.80 Å². The quantitative estimate of drug-likeness (QED) is 0.582. The van der Waals surface area contributed by atoms with Crippen LogP contribution in [0.5, 0.6) is 17.2 Å². The number of methoxy groups -OCH3 is 3. The van der Waals surface area contributed by atoms with Crippen molar-refractivity contribution < 1.29 is 34.0 Å². The molecule has 1 heterocycles. The number of hydrogen-bond acceptors (Lipinski definition) is 7. The van der Waals surface area contributed by atoms with Gasteiger partial charge in [0.2, 0.25) is 0 Å². The molecular formula is C26H38N2O7. The van der Waals surface area contributed by atoms with E-state index in [4.69, 9.17) is 34.0 Å². The molecule has 1 aliphatic heterocycles. The van der Waals surface area contributed by atoms with Gasteiger partial charge in [-0.25, -0.2) is 9.59 Å². The summed E-state index contributed by atoms with van der Waals surface area (Å²) in [6.07, 6.45) is 7.60. The minimum atomic E-state index is -1.82. The molecule has 35 heavy (non-hydrogen) atoms. The lowest BCUT2D eigenvalue weighted by atomic mass is 9.54. The van der Waals surface area contributed by atoms with Crippen LogP contribution in [0.15, 0.2) is 12.1 Å². The van der Waals surface area contributed by atoms with Gasteiger partial charge in [0.1, 0.15) is 5.75 Å². The fourth-order valence-corrected chi connectivity index (χ4v) is 7.17. The average molecular weight is 491 g/mol. The molecule has 4 bridgehead atoms. The van der Waals surface area contributed by atoms with Crippen LogP contribution in [-0.2, 0) is 16.1 Å². The summed E-state index contributed by atoms with van der Waals surface area (Å²) in [5.74, 6) is 2.83. The van der Waals surface area contributed by atoms with Crippen molar-refractivity contribution in [1.29, 1.82) is 0 Å². The predicted octanol–water partition coefficient (Wildman–Crippen LogP) is 2.81. The van der Waals surface area contributed by atoms with Crippen molar-refractivity contribution in [2.24, 2.45) is 23.7 Å². The first kappa shape index (κ1) is 25.6. The Balaban J connectivity index is 0.000000431. The number of hydrogen-bond donors (Lipinski definition) is 2. The second-order valence-electron chi connectivity index (χ2n) is 10.4. The van der Waals surface area contributed by atoms with Gasteiger partial charge in [-0.3, -0.25) is 9.80 Å². The van der Waals surface area contributed by atoms with Crippen LogP contribution < -0.4 is 14.2 Å². The van der Waals surface area contributed by atoms with Crippen LogP contribution in [0.3, 0.4) is 0 Å². The van der Waals surface area contributed by atoms with Crippen LogP contribution in [0.4, 0.5) is 0 Å². The number of carboxylic acids is 2. The largest absolute Gasteiger partial charge is 0.496 e. The van der Waals surface area contributed by atoms with Crippen molar-refractivity contribution in [3.8, 4) is 17.2 Å². The van der Waals surface area contributed by atoms with E-state index in [2.05, 4.69) is 15.9 Å². The van der Waals surface area contributed by atoms with Crippen molar-refractivity contribution in [3.63, 3.8) is 0 Å². The summed E-state index contributed by atoms with van der Waals surface area (Å²) in [6.45, 7) is 5.60. The van der Waals surface area contributed by atoms with Crippen LogP contribution in [-0.4, -0.2) is 85.5 Å². The van der Waals surface area contributed by atoms with Gasteiger partial charge in [-0.2, -0.15) is 0 Å². The predicted molar refractivity (Wildman–Crippen MR) is 129 cm³/mol. The summed E-state index contributed by atoms with van der Waals surface area (Å²) in [5, 5.41) is 14.8. The molecule has 1 aromatic rings. The summed E-state index contributed by atoms with van der Waals surface area (Å²) in [7, 11) is 5.09. The van der Waals surface area contributed by atoms with E-state index >= 15 is 0 Å². The van der Waals surface area contributed by atoms with Crippen molar-refractivity contribution in [2.45, 2.75) is 44.7 Å². The summed E-state index contributed by atoms with van der Waals surface area (Å²) in [6, 6.07) is 4.89. The maximum Gasteiger partial charge on any atom is 0.414 e. The molecule has 9 nitrogen and oxygen atoms in total. The maximum atomic E-state index is 9.10. The zero-order valence-electron chi connectivity index (χ0n) is 20.9.